The smallest absolute Gasteiger partial charge is 0.282 e. The van der Waals surface area contributed by atoms with Gasteiger partial charge in [-0.3, -0.25) is 4.79 Å². The van der Waals surface area contributed by atoms with E-state index < -0.39 is 0 Å². The van der Waals surface area contributed by atoms with Crippen molar-refractivity contribution in [3.63, 3.8) is 0 Å². The molecule has 0 bridgehead atoms. The van der Waals surface area contributed by atoms with Crippen LogP contribution in [0.5, 0.6) is 0 Å². The fourth-order valence-electron chi connectivity index (χ4n) is 2.84. The largest absolute Gasteiger partial charge is 0.364 e. The maximum Gasteiger partial charge on any atom is 0.282 e. The van der Waals surface area contributed by atoms with Crippen LogP contribution in [0, 0.1) is 6.92 Å². The van der Waals surface area contributed by atoms with Gasteiger partial charge in [0.2, 0.25) is 0 Å². The van der Waals surface area contributed by atoms with E-state index in [-0.39, 0.29) is 24.2 Å². The van der Waals surface area contributed by atoms with Gasteiger partial charge >= 0.3 is 0 Å². The van der Waals surface area contributed by atoms with Crippen molar-refractivity contribution >= 4 is 23.2 Å². The minimum absolute atomic E-state index is 0.0247. The summed E-state index contributed by atoms with van der Waals surface area (Å²) >= 11 is 6.09. The number of benzene rings is 1. The van der Waals surface area contributed by atoms with Crippen LogP contribution in [0.15, 0.2) is 18.2 Å². The van der Waals surface area contributed by atoms with E-state index in [4.69, 9.17) is 16.3 Å². The lowest BCUT2D eigenvalue weighted by molar-refractivity contribution is -0.928. The molecule has 0 radical (unpaired) electrons. The number of halogens is 1. The van der Waals surface area contributed by atoms with Gasteiger partial charge in [-0.15, -0.1) is 0 Å². The van der Waals surface area contributed by atoms with Crippen molar-refractivity contribution in [2.45, 2.75) is 45.9 Å². The lowest BCUT2D eigenvalue weighted by atomic mass is 10.1. The van der Waals surface area contributed by atoms with Gasteiger partial charge in [-0.1, -0.05) is 17.7 Å². The van der Waals surface area contributed by atoms with Crippen LogP contribution < -0.4 is 10.2 Å². The monoisotopic (exact) mass is 311 g/mol. The number of morpholine rings is 1. The molecule has 1 heterocycles. The highest BCUT2D eigenvalue weighted by Crippen LogP contribution is 2.22. The Kier molecular flexibility index (Phi) is 5.25. The van der Waals surface area contributed by atoms with Gasteiger partial charge in [0, 0.05) is 10.7 Å². The van der Waals surface area contributed by atoms with Crippen LogP contribution in [0.2, 0.25) is 5.02 Å². The number of quaternary nitrogens is 1. The highest BCUT2D eigenvalue weighted by atomic mass is 35.5. The Morgan fingerprint density at radius 3 is 2.62 bits per heavy atom. The van der Waals surface area contributed by atoms with E-state index in [0.29, 0.717) is 5.02 Å². The zero-order valence-electron chi connectivity index (χ0n) is 13.1. The summed E-state index contributed by atoms with van der Waals surface area (Å²) in [5, 5.41) is 3.66. The number of hydrogen-bond donors (Lipinski definition) is 2. The Balaban J connectivity index is 2.04. The molecule has 1 aliphatic rings. The van der Waals surface area contributed by atoms with Gasteiger partial charge in [-0.05, 0) is 45.4 Å². The van der Waals surface area contributed by atoms with Gasteiger partial charge in [0.05, 0.1) is 0 Å². The summed E-state index contributed by atoms with van der Waals surface area (Å²) in [6.07, 6.45) is 0.374. The molecule has 3 atom stereocenters. The van der Waals surface area contributed by atoms with Crippen LogP contribution in [0.3, 0.4) is 0 Å². The number of carbonyl (C=O) groups is 1. The van der Waals surface area contributed by atoms with Crippen molar-refractivity contribution < 1.29 is 14.4 Å². The molecule has 0 saturated carbocycles. The second kappa shape index (κ2) is 6.77. The van der Waals surface area contributed by atoms with Crippen LogP contribution in [0.4, 0.5) is 5.69 Å². The molecule has 1 aromatic rings. The highest BCUT2D eigenvalue weighted by Gasteiger charge is 2.33. The predicted octanol–water partition coefficient (Wildman–Crippen LogP) is 1.67. The molecule has 116 valence electrons. The number of carbonyl (C=O) groups excluding carboxylic acids is 1. The van der Waals surface area contributed by atoms with E-state index in [2.05, 4.69) is 19.2 Å². The molecule has 2 N–H and O–H groups in total. The quantitative estimate of drug-likeness (QED) is 0.892. The number of nitrogens with one attached hydrogen (secondary N) is 2. The molecule has 1 fully saturated rings. The van der Waals surface area contributed by atoms with E-state index in [1.54, 1.807) is 0 Å². The normalized spacial score (nSPS) is 27.2. The van der Waals surface area contributed by atoms with Crippen molar-refractivity contribution in [2.24, 2.45) is 0 Å². The molecule has 2 rings (SSSR count). The molecule has 1 aromatic carbocycles. The molecule has 1 saturated heterocycles. The maximum absolute atomic E-state index is 12.5. The second-order valence-corrected chi connectivity index (χ2v) is 6.35. The average molecular weight is 312 g/mol. The van der Waals surface area contributed by atoms with Gasteiger partial charge in [0.25, 0.3) is 5.91 Å². The molecule has 0 aromatic heterocycles. The molecule has 4 nitrogen and oxygen atoms in total. The van der Waals surface area contributed by atoms with Crippen molar-refractivity contribution in [3.05, 3.63) is 28.8 Å². The first-order chi connectivity index (χ1) is 9.88. The zero-order chi connectivity index (χ0) is 15.6. The summed E-state index contributed by atoms with van der Waals surface area (Å²) in [5.41, 5.74) is 1.69. The topological polar surface area (TPSA) is 42.8 Å². The van der Waals surface area contributed by atoms with E-state index in [9.17, 15) is 4.79 Å². The van der Waals surface area contributed by atoms with Crippen molar-refractivity contribution in [3.8, 4) is 0 Å². The second-order valence-electron chi connectivity index (χ2n) is 5.95. The Labute approximate surface area is 131 Å². The standard InChI is InChI=1S/C16H23ClN2O2/c1-10-8-19(9-11(2)21-10)13(4)16(20)18-15-7-5-6-14(17)12(15)3/h5-7,10-11,13H,8-9H2,1-4H3,(H,18,20)/p+1/t10-,11-,13+/m1/s1. The summed E-state index contributed by atoms with van der Waals surface area (Å²) in [6, 6.07) is 5.44. The minimum atomic E-state index is -0.114. The zero-order valence-corrected chi connectivity index (χ0v) is 13.8. The van der Waals surface area contributed by atoms with Crippen molar-refractivity contribution in [1.82, 2.24) is 0 Å². The predicted molar refractivity (Wildman–Crippen MR) is 85.0 cm³/mol. The van der Waals surface area contributed by atoms with Crippen LogP contribution in [-0.2, 0) is 9.53 Å². The van der Waals surface area contributed by atoms with Crippen molar-refractivity contribution in [1.29, 1.82) is 0 Å². The lowest BCUT2D eigenvalue weighted by Gasteiger charge is -2.35. The molecule has 21 heavy (non-hydrogen) atoms. The highest BCUT2D eigenvalue weighted by molar-refractivity contribution is 6.31. The molecule has 1 aliphatic heterocycles. The summed E-state index contributed by atoms with van der Waals surface area (Å²) in [4.78, 5) is 13.7. The number of hydrogen-bond acceptors (Lipinski definition) is 2. The Morgan fingerprint density at radius 2 is 2.00 bits per heavy atom. The van der Waals surface area contributed by atoms with Crippen LogP contribution >= 0.6 is 11.6 Å². The van der Waals surface area contributed by atoms with E-state index in [1.165, 1.54) is 4.90 Å². The lowest BCUT2D eigenvalue weighted by Crippen LogP contribution is -3.19. The Bertz CT molecular complexity index is 511. The van der Waals surface area contributed by atoms with E-state index in [0.717, 1.165) is 24.3 Å². The summed E-state index contributed by atoms with van der Waals surface area (Å²) in [5.74, 6) is 0.0247. The number of anilines is 1. The summed E-state index contributed by atoms with van der Waals surface area (Å²) < 4.78 is 5.73. The van der Waals surface area contributed by atoms with Gasteiger partial charge in [-0.2, -0.15) is 0 Å². The van der Waals surface area contributed by atoms with Crippen LogP contribution in [0.25, 0.3) is 0 Å². The number of ether oxygens (including phenoxy) is 1. The molecule has 0 spiro atoms. The molecule has 0 aliphatic carbocycles. The average Bonchev–Trinajstić information content (AvgIpc) is 2.42. The minimum Gasteiger partial charge on any atom is -0.364 e. The first-order valence-corrected chi connectivity index (χ1v) is 7.82. The first-order valence-electron chi connectivity index (χ1n) is 7.44. The third kappa shape index (κ3) is 3.96. The Morgan fingerprint density at radius 1 is 1.38 bits per heavy atom. The number of amides is 1. The molecule has 1 amide bonds. The van der Waals surface area contributed by atoms with Crippen LogP contribution in [-0.4, -0.2) is 37.2 Å². The fourth-order valence-corrected chi connectivity index (χ4v) is 3.01. The van der Waals surface area contributed by atoms with Gasteiger partial charge in [0.1, 0.15) is 25.3 Å². The maximum atomic E-state index is 12.5. The summed E-state index contributed by atoms with van der Waals surface area (Å²) in [6.45, 7) is 9.70. The van der Waals surface area contributed by atoms with E-state index in [1.807, 2.05) is 32.0 Å². The molecular formula is C16H24ClN2O2+. The third-order valence-corrected chi connectivity index (χ3v) is 4.50. The van der Waals surface area contributed by atoms with Gasteiger partial charge < -0.3 is 15.0 Å². The third-order valence-electron chi connectivity index (χ3n) is 4.10. The van der Waals surface area contributed by atoms with Gasteiger partial charge in [-0.25, -0.2) is 0 Å². The number of rotatable bonds is 3. The van der Waals surface area contributed by atoms with Gasteiger partial charge in [0.15, 0.2) is 6.04 Å². The van der Waals surface area contributed by atoms with Crippen molar-refractivity contribution in [2.75, 3.05) is 18.4 Å². The SMILES string of the molecule is Cc1c(Cl)cccc1NC(=O)[C@H](C)[NH+]1C[C@@H](C)O[C@H](C)C1. The Hall–Kier alpha value is -1.10. The molecule has 5 heteroatoms. The fraction of sp³-hybridized carbons (Fsp3) is 0.562. The van der Waals surface area contributed by atoms with Crippen LogP contribution in [0.1, 0.15) is 26.3 Å². The summed E-state index contributed by atoms with van der Waals surface area (Å²) in [7, 11) is 0. The molecular weight excluding hydrogens is 288 g/mol. The first kappa shape index (κ1) is 16.3. The van der Waals surface area contributed by atoms with E-state index >= 15 is 0 Å². The molecule has 0 unspecified atom stereocenters.